The lowest BCUT2D eigenvalue weighted by Crippen LogP contribution is -2.48. The Morgan fingerprint density at radius 1 is 0.462 bits per heavy atom. The van der Waals surface area contributed by atoms with Crippen LogP contribution in [-0.4, -0.2) is 15.0 Å². The number of nitrogens with zero attached hydrogens (tertiary/aromatic N) is 4. The predicted molar refractivity (Wildman–Crippen MR) is 209 cm³/mol. The molecule has 4 fully saturated rings. The smallest absolute Gasteiger partial charge is 0.164 e. The average molecular weight is 671 g/mol. The van der Waals surface area contributed by atoms with Crippen molar-refractivity contribution in [2.24, 2.45) is 17.8 Å². The number of rotatable bonds is 6. The van der Waals surface area contributed by atoms with E-state index < -0.39 is 0 Å². The number of hydrogen-bond acceptors (Lipinski definition) is 4. The largest absolute Gasteiger partial charge is 0.208 e. The molecule has 0 N–H and O–H groups in total. The Balaban J connectivity index is 1.04. The van der Waals surface area contributed by atoms with Crippen LogP contribution in [0.25, 0.3) is 67.2 Å². The zero-order chi connectivity index (χ0) is 34.6. The molecule has 0 aliphatic heterocycles. The van der Waals surface area contributed by atoms with Gasteiger partial charge in [-0.3, -0.25) is 0 Å². The molecule has 0 atom stereocenters. The van der Waals surface area contributed by atoms with Crippen molar-refractivity contribution < 1.29 is 0 Å². The quantitative estimate of drug-likeness (QED) is 0.177. The van der Waals surface area contributed by atoms with Gasteiger partial charge in [-0.15, -0.1) is 0 Å². The van der Waals surface area contributed by atoms with E-state index in [1.165, 1.54) is 44.1 Å². The minimum Gasteiger partial charge on any atom is -0.208 e. The third-order valence-electron chi connectivity index (χ3n) is 12.1. The maximum absolute atomic E-state index is 9.31. The fraction of sp³-hybridized carbons (Fsp3) is 0.208. The maximum atomic E-state index is 9.31. The highest BCUT2D eigenvalue weighted by Crippen LogP contribution is 2.60. The highest BCUT2D eigenvalue weighted by atomic mass is 15.0. The Labute approximate surface area is 304 Å². The summed E-state index contributed by atoms with van der Waals surface area (Å²) in [4.78, 5) is 15.4. The van der Waals surface area contributed by atoms with Crippen LogP contribution in [0.15, 0.2) is 140 Å². The number of benzene rings is 6. The number of aromatic nitrogens is 3. The van der Waals surface area contributed by atoms with Crippen molar-refractivity contribution in [1.29, 1.82) is 5.26 Å². The number of nitriles is 1. The molecule has 4 aliphatic rings. The minimum absolute atomic E-state index is 0.351. The van der Waals surface area contributed by atoms with E-state index in [1.54, 1.807) is 0 Å². The Morgan fingerprint density at radius 2 is 0.981 bits per heavy atom. The molecule has 4 saturated carbocycles. The van der Waals surface area contributed by atoms with Crippen molar-refractivity contribution >= 4 is 10.8 Å². The van der Waals surface area contributed by atoms with Crippen LogP contribution in [0.1, 0.15) is 49.7 Å². The van der Waals surface area contributed by atoms with Crippen LogP contribution in [0.3, 0.4) is 0 Å². The van der Waals surface area contributed by atoms with E-state index in [4.69, 9.17) is 15.0 Å². The van der Waals surface area contributed by atoms with E-state index in [2.05, 4.69) is 121 Å². The minimum atomic E-state index is 0.351. The summed E-state index contributed by atoms with van der Waals surface area (Å²) in [7, 11) is 0. The van der Waals surface area contributed by atoms with Gasteiger partial charge in [-0.25, -0.2) is 15.0 Å². The summed E-state index contributed by atoms with van der Waals surface area (Å²) in [5.74, 6) is 4.75. The van der Waals surface area contributed by atoms with Crippen molar-refractivity contribution in [2.45, 2.75) is 43.9 Å². The fourth-order valence-corrected chi connectivity index (χ4v) is 10.0. The second-order valence-corrected chi connectivity index (χ2v) is 15.5. The van der Waals surface area contributed by atoms with E-state index in [1.807, 2.05) is 24.3 Å². The van der Waals surface area contributed by atoms with Crippen molar-refractivity contribution in [3.8, 4) is 62.5 Å². The van der Waals surface area contributed by atoms with Gasteiger partial charge in [-0.05, 0) is 118 Å². The standard InChI is InChI=1S/C48H38N4/c49-30-31-10-11-41-26-40(17-16-39(41)25-31)35-12-14-37(15-13-35)45-50-46(52-47(51-45)44-9-5-4-8-43(44)36-6-2-1-3-7-36)38-18-20-42(21-19-38)48-27-32-22-33(28-48)24-34(23-32)29-48/h1-21,25-26,32-34H,22-24,27-29H2. The van der Waals surface area contributed by atoms with E-state index in [0.29, 0.717) is 28.5 Å². The first-order valence-corrected chi connectivity index (χ1v) is 18.7. The Kier molecular flexibility index (Phi) is 7.35. The highest BCUT2D eigenvalue weighted by Gasteiger charge is 2.51. The second kappa shape index (κ2) is 12.4. The van der Waals surface area contributed by atoms with Crippen LogP contribution in [-0.2, 0) is 5.41 Å². The van der Waals surface area contributed by atoms with Crippen LogP contribution in [0.2, 0.25) is 0 Å². The van der Waals surface area contributed by atoms with Gasteiger partial charge >= 0.3 is 0 Å². The highest BCUT2D eigenvalue weighted by molar-refractivity contribution is 5.88. The van der Waals surface area contributed by atoms with Crippen LogP contribution in [0.5, 0.6) is 0 Å². The molecule has 1 heterocycles. The molecule has 4 bridgehead atoms. The molecule has 11 rings (SSSR count). The molecule has 250 valence electrons. The van der Waals surface area contributed by atoms with Crippen LogP contribution < -0.4 is 0 Å². The lowest BCUT2D eigenvalue weighted by Gasteiger charge is -2.57. The van der Waals surface area contributed by atoms with Crippen LogP contribution in [0.4, 0.5) is 0 Å². The molecule has 0 saturated heterocycles. The van der Waals surface area contributed by atoms with Gasteiger partial charge in [0, 0.05) is 16.7 Å². The summed E-state index contributed by atoms with van der Waals surface area (Å²) in [6.07, 6.45) is 8.41. The Morgan fingerprint density at radius 3 is 1.63 bits per heavy atom. The van der Waals surface area contributed by atoms with Gasteiger partial charge in [-0.2, -0.15) is 5.26 Å². The van der Waals surface area contributed by atoms with Gasteiger partial charge in [0.25, 0.3) is 0 Å². The van der Waals surface area contributed by atoms with Crippen LogP contribution >= 0.6 is 0 Å². The second-order valence-electron chi connectivity index (χ2n) is 15.5. The molecule has 4 aliphatic carbocycles. The van der Waals surface area contributed by atoms with Crippen molar-refractivity contribution in [2.75, 3.05) is 0 Å². The summed E-state index contributed by atoms with van der Waals surface area (Å²) in [5, 5.41) is 11.5. The molecule has 6 aromatic carbocycles. The van der Waals surface area contributed by atoms with Gasteiger partial charge in [0.1, 0.15) is 0 Å². The van der Waals surface area contributed by atoms with E-state index >= 15 is 0 Å². The Hall–Kier alpha value is -5.92. The van der Waals surface area contributed by atoms with Crippen LogP contribution in [0, 0.1) is 29.1 Å². The van der Waals surface area contributed by atoms with Gasteiger partial charge in [0.05, 0.1) is 11.6 Å². The van der Waals surface area contributed by atoms with Crippen molar-refractivity contribution in [3.05, 3.63) is 151 Å². The molecule has 0 spiro atoms. The summed E-state index contributed by atoms with van der Waals surface area (Å²) in [6, 6.07) is 51.1. The van der Waals surface area contributed by atoms with E-state index in [9.17, 15) is 5.26 Å². The molecule has 52 heavy (non-hydrogen) atoms. The number of fused-ring (bicyclic) bond motifs is 1. The first-order chi connectivity index (χ1) is 25.6. The molecule has 1 aromatic heterocycles. The van der Waals surface area contributed by atoms with Crippen molar-refractivity contribution in [3.63, 3.8) is 0 Å². The van der Waals surface area contributed by atoms with Gasteiger partial charge in [-0.1, -0.05) is 121 Å². The van der Waals surface area contributed by atoms with E-state index in [0.717, 1.165) is 67.5 Å². The van der Waals surface area contributed by atoms with E-state index in [-0.39, 0.29) is 0 Å². The molecule has 0 amide bonds. The molecule has 0 radical (unpaired) electrons. The number of hydrogen-bond donors (Lipinski definition) is 0. The summed E-state index contributed by atoms with van der Waals surface area (Å²) in [5.41, 5.74) is 9.93. The van der Waals surface area contributed by atoms with Gasteiger partial charge in [0.2, 0.25) is 0 Å². The van der Waals surface area contributed by atoms with Gasteiger partial charge < -0.3 is 0 Å². The molecular weight excluding hydrogens is 633 g/mol. The third-order valence-corrected chi connectivity index (χ3v) is 12.1. The summed E-state index contributed by atoms with van der Waals surface area (Å²) in [6.45, 7) is 0. The molecule has 4 nitrogen and oxygen atoms in total. The molecule has 7 aromatic rings. The topological polar surface area (TPSA) is 62.5 Å². The predicted octanol–water partition coefficient (Wildman–Crippen LogP) is 11.7. The molecule has 0 unspecified atom stereocenters. The third kappa shape index (κ3) is 5.49. The normalized spacial score (nSPS) is 21.6. The lowest BCUT2D eigenvalue weighted by atomic mass is 9.48. The monoisotopic (exact) mass is 670 g/mol. The lowest BCUT2D eigenvalue weighted by molar-refractivity contribution is -0.00518. The van der Waals surface area contributed by atoms with Gasteiger partial charge in [0.15, 0.2) is 17.5 Å². The first kappa shape index (κ1) is 30.9. The summed E-state index contributed by atoms with van der Waals surface area (Å²) < 4.78 is 0. The first-order valence-electron chi connectivity index (χ1n) is 18.7. The van der Waals surface area contributed by atoms with Crippen molar-refractivity contribution in [1.82, 2.24) is 15.0 Å². The summed E-state index contributed by atoms with van der Waals surface area (Å²) >= 11 is 0. The maximum Gasteiger partial charge on any atom is 0.164 e. The fourth-order valence-electron chi connectivity index (χ4n) is 10.0. The average Bonchev–Trinajstić information content (AvgIpc) is 3.20. The SMILES string of the molecule is N#Cc1ccc2cc(-c3ccc(-c4nc(-c5ccc(C67CC8CC(CC(C8)C6)C7)cc5)nc(-c5ccccc5-c5ccccc5)n4)cc3)ccc2c1. The molecule has 4 heteroatoms. The zero-order valence-corrected chi connectivity index (χ0v) is 29.0. The Bertz CT molecular complexity index is 2460. The zero-order valence-electron chi connectivity index (χ0n) is 29.0. The molecular formula is C48H38N4.